The van der Waals surface area contributed by atoms with Crippen LogP contribution in [-0.4, -0.2) is 20.9 Å². The summed E-state index contributed by atoms with van der Waals surface area (Å²) in [6.07, 6.45) is 3.98. The smallest absolute Gasteiger partial charge is 0.142 e. The molecule has 0 atom stereocenters. The predicted octanol–water partition coefficient (Wildman–Crippen LogP) is 2.44. The molecule has 4 heteroatoms. The molecule has 0 amide bonds. The highest BCUT2D eigenvalue weighted by Crippen LogP contribution is 2.32. The second-order valence-corrected chi connectivity index (χ2v) is 5.87. The first-order chi connectivity index (χ1) is 9.61. The van der Waals surface area contributed by atoms with E-state index in [9.17, 15) is 4.79 Å². The molecule has 1 aliphatic carbocycles. The number of aryl methyl sites for hydroxylation is 1. The molecule has 1 aliphatic rings. The van der Waals surface area contributed by atoms with Gasteiger partial charge >= 0.3 is 0 Å². The number of hydrogen-bond donors (Lipinski definition) is 1. The van der Waals surface area contributed by atoms with Gasteiger partial charge in [0.05, 0.1) is 17.5 Å². The van der Waals surface area contributed by atoms with E-state index in [1.165, 1.54) is 0 Å². The lowest BCUT2D eigenvalue weighted by atomic mass is 9.74. The summed E-state index contributed by atoms with van der Waals surface area (Å²) in [5, 5.41) is 0. The zero-order chi connectivity index (χ0) is 14.2. The summed E-state index contributed by atoms with van der Waals surface area (Å²) >= 11 is 0. The number of benzene rings is 1. The van der Waals surface area contributed by atoms with E-state index >= 15 is 0 Å². The number of para-hydroxylation sites is 2. The van der Waals surface area contributed by atoms with Gasteiger partial charge in [-0.05, 0) is 38.3 Å². The maximum Gasteiger partial charge on any atom is 0.142 e. The molecule has 0 saturated heterocycles. The molecule has 1 aromatic heterocycles. The Balaban J connectivity index is 1.81. The Kier molecular flexibility index (Phi) is 3.34. The molecule has 1 aromatic carbocycles. The third-order valence-corrected chi connectivity index (χ3v) is 4.30. The van der Waals surface area contributed by atoms with Crippen LogP contribution in [0.3, 0.4) is 0 Å². The Morgan fingerprint density at radius 1 is 1.40 bits per heavy atom. The summed E-state index contributed by atoms with van der Waals surface area (Å²) in [7, 11) is 0. The Labute approximate surface area is 119 Å². The minimum absolute atomic E-state index is 0.206. The minimum Gasteiger partial charge on any atom is -0.328 e. The fourth-order valence-electron chi connectivity index (χ4n) is 3.05. The molecule has 106 valence electrons. The highest BCUT2D eigenvalue weighted by molar-refractivity contribution is 5.83. The average Bonchev–Trinajstić information content (AvgIpc) is 2.73. The number of nitrogens with two attached hydrogens (primary N) is 1. The molecule has 0 bridgehead atoms. The van der Waals surface area contributed by atoms with Crippen molar-refractivity contribution in [1.29, 1.82) is 0 Å². The molecule has 20 heavy (non-hydrogen) atoms. The predicted molar refractivity (Wildman–Crippen MR) is 79.5 cm³/mol. The van der Waals surface area contributed by atoms with Gasteiger partial charge in [0.1, 0.15) is 11.6 Å². The monoisotopic (exact) mass is 271 g/mol. The van der Waals surface area contributed by atoms with Gasteiger partial charge < -0.3 is 10.3 Å². The number of carbonyl (C=O) groups is 1. The average molecular weight is 271 g/mol. The normalized spacial score (nSPS) is 17.1. The van der Waals surface area contributed by atoms with Crippen LogP contribution < -0.4 is 5.73 Å². The summed E-state index contributed by atoms with van der Waals surface area (Å²) < 4.78 is 2.12. The van der Waals surface area contributed by atoms with Gasteiger partial charge in [-0.2, -0.15) is 0 Å². The summed E-state index contributed by atoms with van der Waals surface area (Å²) in [6.45, 7) is 2.91. The van der Waals surface area contributed by atoms with Gasteiger partial charge in [-0.3, -0.25) is 4.79 Å². The van der Waals surface area contributed by atoms with Crippen molar-refractivity contribution in [2.75, 3.05) is 0 Å². The molecule has 0 spiro atoms. The fourth-order valence-corrected chi connectivity index (χ4v) is 3.05. The van der Waals surface area contributed by atoms with Crippen molar-refractivity contribution < 1.29 is 4.79 Å². The third kappa shape index (κ3) is 2.36. The highest BCUT2D eigenvalue weighted by atomic mass is 16.1. The lowest BCUT2D eigenvalue weighted by Gasteiger charge is -2.37. The van der Waals surface area contributed by atoms with Gasteiger partial charge in [-0.15, -0.1) is 0 Å². The number of rotatable bonds is 5. The molecule has 1 fully saturated rings. The van der Waals surface area contributed by atoms with E-state index in [4.69, 9.17) is 5.73 Å². The van der Waals surface area contributed by atoms with Gasteiger partial charge in [-0.1, -0.05) is 12.1 Å². The van der Waals surface area contributed by atoms with Crippen molar-refractivity contribution >= 4 is 16.8 Å². The van der Waals surface area contributed by atoms with E-state index in [0.29, 0.717) is 12.8 Å². The zero-order valence-electron chi connectivity index (χ0n) is 11.9. The lowest BCUT2D eigenvalue weighted by Crippen LogP contribution is -2.48. The van der Waals surface area contributed by atoms with E-state index in [-0.39, 0.29) is 11.3 Å². The number of fused-ring (bicyclic) bond motifs is 1. The van der Waals surface area contributed by atoms with Crippen LogP contribution in [-0.2, 0) is 17.8 Å². The number of ketones is 1. The van der Waals surface area contributed by atoms with E-state index < -0.39 is 0 Å². The summed E-state index contributed by atoms with van der Waals surface area (Å²) in [4.78, 5) is 16.8. The largest absolute Gasteiger partial charge is 0.328 e. The molecular weight excluding hydrogens is 250 g/mol. The van der Waals surface area contributed by atoms with Crippen LogP contribution in [0.4, 0.5) is 0 Å². The van der Waals surface area contributed by atoms with Crippen molar-refractivity contribution in [3.8, 4) is 0 Å². The minimum atomic E-state index is -0.236. The maximum absolute atomic E-state index is 12.2. The van der Waals surface area contributed by atoms with Crippen LogP contribution in [0.1, 0.15) is 38.4 Å². The molecule has 0 unspecified atom stereocenters. The van der Waals surface area contributed by atoms with Crippen LogP contribution in [0.5, 0.6) is 0 Å². The van der Waals surface area contributed by atoms with Gasteiger partial charge in [0.25, 0.3) is 0 Å². The molecule has 4 nitrogen and oxygen atoms in total. The van der Waals surface area contributed by atoms with E-state index in [1.807, 2.05) is 18.2 Å². The number of Topliss-reactive ketones (excluding diaryl/α,β-unsaturated/α-hetero) is 1. The first-order valence-corrected chi connectivity index (χ1v) is 7.36. The number of imidazole rings is 1. The van der Waals surface area contributed by atoms with Crippen LogP contribution >= 0.6 is 0 Å². The van der Waals surface area contributed by atoms with Crippen LogP contribution in [0.25, 0.3) is 11.0 Å². The second-order valence-electron chi connectivity index (χ2n) is 5.87. The number of nitrogens with zero attached hydrogens (tertiary/aromatic N) is 2. The maximum atomic E-state index is 12.2. The standard InChI is InChI=1S/C16H21N3O/c1-2-19-14-7-4-3-6-13(14)18-15(19)10-12(20)11-16(17)8-5-9-16/h3-4,6-7H,2,5,8-11,17H2,1H3. The van der Waals surface area contributed by atoms with Crippen molar-refractivity contribution in [1.82, 2.24) is 9.55 Å². The molecule has 0 aliphatic heterocycles. The number of carbonyl (C=O) groups excluding carboxylic acids is 1. The van der Waals surface area contributed by atoms with E-state index in [2.05, 4.69) is 22.5 Å². The van der Waals surface area contributed by atoms with E-state index in [1.54, 1.807) is 0 Å². The Bertz CT molecular complexity index is 640. The molecule has 3 rings (SSSR count). The second kappa shape index (κ2) is 5.02. The Morgan fingerprint density at radius 2 is 2.15 bits per heavy atom. The molecule has 2 N–H and O–H groups in total. The van der Waals surface area contributed by atoms with E-state index in [0.717, 1.165) is 42.7 Å². The van der Waals surface area contributed by atoms with Gasteiger partial charge in [0.2, 0.25) is 0 Å². The zero-order valence-corrected chi connectivity index (χ0v) is 11.9. The molecule has 0 radical (unpaired) electrons. The molecular formula is C16H21N3O. The quantitative estimate of drug-likeness (QED) is 0.908. The fraction of sp³-hybridized carbons (Fsp3) is 0.500. The first-order valence-electron chi connectivity index (χ1n) is 7.36. The number of aromatic nitrogens is 2. The van der Waals surface area contributed by atoms with Crippen molar-refractivity contribution in [3.63, 3.8) is 0 Å². The summed E-state index contributed by atoms with van der Waals surface area (Å²) in [5.74, 6) is 1.07. The van der Waals surface area contributed by atoms with Crippen molar-refractivity contribution in [2.24, 2.45) is 5.73 Å². The lowest BCUT2D eigenvalue weighted by molar-refractivity contribution is -0.120. The van der Waals surface area contributed by atoms with Crippen molar-refractivity contribution in [2.45, 2.75) is 51.1 Å². The van der Waals surface area contributed by atoms with Crippen LogP contribution in [0.2, 0.25) is 0 Å². The number of hydrogen-bond acceptors (Lipinski definition) is 3. The molecule has 1 heterocycles. The molecule has 2 aromatic rings. The summed E-state index contributed by atoms with van der Waals surface area (Å²) in [5.41, 5.74) is 7.98. The van der Waals surface area contributed by atoms with Crippen LogP contribution in [0, 0.1) is 0 Å². The van der Waals surface area contributed by atoms with Gasteiger partial charge in [-0.25, -0.2) is 4.98 Å². The third-order valence-electron chi connectivity index (χ3n) is 4.30. The SMILES string of the molecule is CCn1c(CC(=O)CC2(N)CCC2)nc2ccccc21. The van der Waals surface area contributed by atoms with Gasteiger partial charge in [0.15, 0.2) is 0 Å². The van der Waals surface area contributed by atoms with Gasteiger partial charge in [0, 0.05) is 18.5 Å². The molecule has 1 saturated carbocycles. The van der Waals surface area contributed by atoms with Crippen LogP contribution in [0.15, 0.2) is 24.3 Å². The highest BCUT2D eigenvalue weighted by Gasteiger charge is 2.34. The Hall–Kier alpha value is -1.68. The Morgan fingerprint density at radius 3 is 2.80 bits per heavy atom. The summed E-state index contributed by atoms with van der Waals surface area (Å²) in [6, 6.07) is 8.02. The first kappa shape index (κ1) is 13.3. The topological polar surface area (TPSA) is 60.9 Å². The van der Waals surface area contributed by atoms with Crippen molar-refractivity contribution in [3.05, 3.63) is 30.1 Å².